The summed E-state index contributed by atoms with van der Waals surface area (Å²) in [4.78, 5) is 13.9. The van der Waals surface area contributed by atoms with Crippen molar-refractivity contribution in [3.63, 3.8) is 0 Å². The standard InChI is InChI=1S/C16H23FN2O2/c1-16(2,3)21-15(20)19-9-8-12(17)10-14(19)11-4-6-13(18)7-5-11/h4-7,12,14H,8-10,18H2,1-3H3. The van der Waals surface area contributed by atoms with Crippen LogP contribution in [0.3, 0.4) is 0 Å². The number of nitrogens with two attached hydrogens (primary N) is 1. The Bertz CT molecular complexity index is 496. The molecule has 0 saturated carbocycles. The van der Waals surface area contributed by atoms with E-state index in [1.807, 2.05) is 32.9 Å². The topological polar surface area (TPSA) is 55.6 Å². The molecule has 5 heteroatoms. The lowest BCUT2D eigenvalue weighted by Gasteiger charge is -2.38. The molecular weight excluding hydrogens is 271 g/mol. The molecule has 1 aromatic carbocycles. The normalized spacial score (nSPS) is 23.0. The number of carbonyl (C=O) groups is 1. The summed E-state index contributed by atoms with van der Waals surface area (Å²) in [5, 5.41) is 0. The number of benzene rings is 1. The number of hydrogen-bond acceptors (Lipinski definition) is 3. The second-order valence-electron chi connectivity index (χ2n) is 6.48. The molecule has 2 N–H and O–H groups in total. The summed E-state index contributed by atoms with van der Waals surface area (Å²) in [5.74, 6) is 0. The third-order valence-corrected chi connectivity index (χ3v) is 3.49. The van der Waals surface area contributed by atoms with Crippen molar-refractivity contribution in [3.8, 4) is 0 Å². The lowest BCUT2D eigenvalue weighted by molar-refractivity contribution is 0.00166. The molecule has 1 aliphatic heterocycles. The maximum absolute atomic E-state index is 13.8. The molecule has 1 aliphatic rings. The van der Waals surface area contributed by atoms with Crippen LogP contribution in [-0.2, 0) is 4.74 Å². The van der Waals surface area contributed by atoms with Crippen LogP contribution in [-0.4, -0.2) is 29.3 Å². The van der Waals surface area contributed by atoms with Crippen molar-refractivity contribution in [2.24, 2.45) is 0 Å². The van der Waals surface area contributed by atoms with Crippen molar-refractivity contribution in [1.29, 1.82) is 0 Å². The molecule has 116 valence electrons. The number of carbonyl (C=O) groups excluding carboxylic acids is 1. The van der Waals surface area contributed by atoms with Crippen LogP contribution < -0.4 is 5.73 Å². The first-order valence-electron chi connectivity index (χ1n) is 7.25. The van der Waals surface area contributed by atoms with Crippen LogP contribution in [0.15, 0.2) is 24.3 Å². The molecular formula is C16H23FN2O2. The van der Waals surface area contributed by atoms with Crippen LogP contribution >= 0.6 is 0 Å². The largest absolute Gasteiger partial charge is 0.444 e. The van der Waals surface area contributed by atoms with Crippen molar-refractivity contribution < 1.29 is 13.9 Å². The number of ether oxygens (including phenoxy) is 1. The summed E-state index contributed by atoms with van der Waals surface area (Å²) < 4.78 is 19.2. The SMILES string of the molecule is CC(C)(C)OC(=O)N1CCC(F)CC1c1ccc(N)cc1. The number of halogens is 1. The number of hydrogen-bond donors (Lipinski definition) is 1. The van der Waals surface area contributed by atoms with Crippen molar-refractivity contribution in [2.45, 2.75) is 51.4 Å². The third-order valence-electron chi connectivity index (χ3n) is 3.49. The molecule has 2 rings (SSSR count). The van der Waals surface area contributed by atoms with E-state index in [9.17, 15) is 9.18 Å². The molecule has 2 atom stereocenters. The average molecular weight is 294 g/mol. The molecule has 2 unspecified atom stereocenters. The molecule has 1 heterocycles. The maximum Gasteiger partial charge on any atom is 0.410 e. The fourth-order valence-corrected chi connectivity index (χ4v) is 2.50. The molecule has 0 bridgehead atoms. The predicted octanol–water partition coefficient (Wildman–Crippen LogP) is 3.68. The van der Waals surface area contributed by atoms with E-state index in [0.717, 1.165) is 5.56 Å². The summed E-state index contributed by atoms with van der Waals surface area (Å²) >= 11 is 0. The Morgan fingerprint density at radius 3 is 2.52 bits per heavy atom. The number of amides is 1. The highest BCUT2D eigenvalue weighted by Gasteiger charge is 2.35. The van der Waals surface area contributed by atoms with E-state index in [2.05, 4.69) is 0 Å². The van der Waals surface area contributed by atoms with Gasteiger partial charge in [0.1, 0.15) is 11.8 Å². The van der Waals surface area contributed by atoms with Crippen molar-refractivity contribution >= 4 is 11.8 Å². The highest BCUT2D eigenvalue weighted by molar-refractivity contribution is 5.69. The lowest BCUT2D eigenvalue weighted by Crippen LogP contribution is -2.44. The van der Waals surface area contributed by atoms with Crippen LogP contribution in [0.25, 0.3) is 0 Å². The Balaban J connectivity index is 2.21. The Labute approximate surface area is 125 Å². The summed E-state index contributed by atoms with van der Waals surface area (Å²) in [5.41, 5.74) is 6.66. The van der Waals surface area contributed by atoms with E-state index >= 15 is 0 Å². The van der Waals surface area contributed by atoms with Crippen molar-refractivity contribution in [1.82, 2.24) is 4.90 Å². The summed E-state index contributed by atoms with van der Waals surface area (Å²) in [6, 6.07) is 6.92. The Kier molecular flexibility index (Phi) is 4.40. The van der Waals surface area contributed by atoms with Gasteiger partial charge in [0.05, 0.1) is 6.04 Å². The number of anilines is 1. The minimum absolute atomic E-state index is 0.295. The van der Waals surface area contributed by atoms with Gasteiger partial charge in [-0.3, -0.25) is 0 Å². The van der Waals surface area contributed by atoms with E-state index in [0.29, 0.717) is 25.1 Å². The highest BCUT2D eigenvalue weighted by Crippen LogP contribution is 2.33. The highest BCUT2D eigenvalue weighted by atomic mass is 19.1. The predicted molar refractivity (Wildman–Crippen MR) is 80.7 cm³/mol. The van der Waals surface area contributed by atoms with Gasteiger partial charge in [-0.15, -0.1) is 0 Å². The molecule has 1 amide bonds. The third kappa shape index (κ3) is 4.09. The molecule has 1 fully saturated rings. The summed E-state index contributed by atoms with van der Waals surface area (Å²) in [7, 11) is 0. The van der Waals surface area contributed by atoms with Crippen molar-refractivity contribution in [2.75, 3.05) is 12.3 Å². The molecule has 1 saturated heterocycles. The molecule has 4 nitrogen and oxygen atoms in total. The van der Waals surface area contributed by atoms with Crippen LogP contribution in [0.5, 0.6) is 0 Å². The number of piperidine rings is 1. The van der Waals surface area contributed by atoms with E-state index in [-0.39, 0.29) is 6.04 Å². The van der Waals surface area contributed by atoms with Gasteiger partial charge in [0.15, 0.2) is 0 Å². The lowest BCUT2D eigenvalue weighted by atomic mass is 9.94. The van der Waals surface area contributed by atoms with E-state index < -0.39 is 17.9 Å². The number of nitrogens with zero attached hydrogens (tertiary/aromatic N) is 1. The van der Waals surface area contributed by atoms with Gasteiger partial charge < -0.3 is 15.4 Å². The molecule has 21 heavy (non-hydrogen) atoms. The number of likely N-dealkylation sites (tertiary alicyclic amines) is 1. The number of nitrogen functional groups attached to an aromatic ring is 1. The second-order valence-corrected chi connectivity index (χ2v) is 6.48. The second kappa shape index (κ2) is 5.92. The molecule has 0 aliphatic carbocycles. The summed E-state index contributed by atoms with van der Waals surface area (Å²) in [6.45, 7) is 5.84. The Hall–Kier alpha value is -1.78. The zero-order valence-corrected chi connectivity index (χ0v) is 12.8. The van der Waals surface area contributed by atoms with E-state index in [1.165, 1.54) is 0 Å². The van der Waals surface area contributed by atoms with Crippen LogP contribution in [0.2, 0.25) is 0 Å². The van der Waals surface area contributed by atoms with Crippen LogP contribution in [0.1, 0.15) is 45.2 Å². The zero-order valence-electron chi connectivity index (χ0n) is 12.8. The average Bonchev–Trinajstić information content (AvgIpc) is 2.37. The minimum Gasteiger partial charge on any atom is -0.444 e. The Morgan fingerprint density at radius 1 is 1.33 bits per heavy atom. The fraction of sp³-hybridized carbons (Fsp3) is 0.562. The van der Waals surface area contributed by atoms with Crippen LogP contribution in [0, 0.1) is 0 Å². The molecule has 0 aromatic heterocycles. The molecule has 0 spiro atoms. The maximum atomic E-state index is 13.8. The van der Waals surface area contributed by atoms with Gasteiger partial charge in [0, 0.05) is 18.7 Å². The van der Waals surface area contributed by atoms with Gasteiger partial charge in [0.2, 0.25) is 0 Å². The number of alkyl halides is 1. The van der Waals surface area contributed by atoms with Gasteiger partial charge in [-0.25, -0.2) is 9.18 Å². The minimum atomic E-state index is -0.897. The van der Waals surface area contributed by atoms with Gasteiger partial charge in [-0.1, -0.05) is 12.1 Å². The van der Waals surface area contributed by atoms with Gasteiger partial charge in [-0.05, 0) is 44.9 Å². The van der Waals surface area contributed by atoms with Gasteiger partial charge >= 0.3 is 6.09 Å². The molecule has 1 aromatic rings. The molecule has 0 radical (unpaired) electrons. The van der Waals surface area contributed by atoms with E-state index in [1.54, 1.807) is 17.0 Å². The smallest absolute Gasteiger partial charge is 0.410 e. The van der Waals surface area contributed by atoms with Crippen LogP contribution in [0.4, 0.5) is 14.9 Å². The first kappa shape index (κ1) is 15.6. The number of rotatable bonds is 1. The zero-order chi connectivity index (χ0) is 15.6. The van der Waals surface area contributed by atoms with Crippen molar-refractivity contribution in [3.05, 3.63) is 29.8 Å². The van der Waals surface area contributed by atoms with Gasteiger partial charge in [0.25, 0.3) is 0 Å². The Morgan fingerprint density at radius 2 is 1.95 bits per heavy atom. The van der Waals surface area contributed by atoms with E-state index in [4.69, 9.17) is 10.5 Å². The summed E-state index contributed by atoms with van der Waals surface area (Å²) in [6.07, 6.45) is -0.643. The monoisotopic (exact) mass is 294 g/mol. The fourth-order valence-electron chi connectivity index (χ4n) is 2.50. The first-order chi connectivity index (χ1) is 9.76. The van der Waals surface area contributed by atoms with Gasteiger partial charge in [-0.2, -0.15) is 0 Å². The quantitative estimate of drug-likeness (QED) is 0.804. The first-order valence-corrected chi connectivity index (χ1v) is 7.25.